The van der Waals surface area contributed by atoms with Crippen molar-refractivity contribution in [1.82, 2.24) is 0 Å². The number of allylic oxidation sites excluding steroid dienone is 4. The van der Waals surface area contributed by atoms with Gasteiger partial charge in [-0.2, -0.15) is 0 Å². The van der Waals surface area contributed by atoms with Crippen molar-refractivity contribution in [3.8, 4) is 0 Å². The minimum Gasteiger partial charge on any atom is -0.410 e. The van der Waals surface area contributed by atoms with E-state index in [2.05, 4.69) is 5.16 Å². The lowest BCUT2D eigenvalue weighted by atomic mass is 9.46. The molecular formula is C19H26FNO4. The van der Waals surface area contributed by atoms with Gasteiger partial charge in [-0.3, -0.25) is 0 Å². The van der Waals surface area contributed by atoms with Gasteiger partial charge in [-0.1, -0.05) is 23.7 Å². The molecule has 0 aromatic heterocycles. The first kappa shape index (κ1) is 17.2. The van der Waals surface area contributed by atoms with E-state index in [1.165, 1.54) is 0 Å². The highest BCUT2D eigenvalue weighted by atomic mass is 19.1. The first-order valence-corrected chi connectivity index (χ1v) is 9.04. The minimum absolute atomic E-state index is 0.126. The topological polar surface area (TPSA) is 93.3 Å². The summed E-state index contributed by atoms with van der Waals surface area (Å²) in [4.78, 5) is 0. The molecule has 138 valence electrons. The van der Waals surface area contributed by atoms with Crippen molar-refractivity contribution in [3.63, 3.8) is 0 Å². The van der Waals surface area contributed by atoms with Crippen LogP contribution in [0.5, 0.6) is 0 Å². The van der Waals surface area contributed by atoms with Crippen molar-refractivity contribution in [1.29, 1.82) is 0 Å². The van der Waals surface area contributed by atoms with Crippen LogP contribution in [0.2, 0.25) is 0 Å². The van der Waals surface area contributed by atoms with Crippen molar-refractivity contribution in [2.75, 3.05) is 0 Å². The summed E-state index contributed by atoms with van der Waals surface area (Å²) in [5, 5.41) is 43.8. The van der Waals surface area contributed by atoms with Crippen LogP contribution in [0.1, 0.15) is 39.5 Å². The lowest BCUT2D eigenvalue weighted by Gasteiger charge is -2.61. The monoisotopic (exact) mass is 351 g/mol. The average molecular weight is 351 g/mol. The molecule has 0 aromatic rings. The predicted molar refractivity (Wildman–Crippen MR) is 90.0 cm³/mol. The molecule has 6 heteroatoms. The van der Waals surface area contributed by atoms with Crippen molar-refractivity contribution < 1.29 is 24.9 Å². The number of hydrogen-bond acceptors (Lipinski definition) is 5. The zero-order chi connectivity index (χ0) is 18.2. The van der Waals surface area contributed by atoms with E-state index in [-0.39, 0.29) is 12.3 Å². The summed E-state index contributed by atoms with van der Waals surface area (Å²) in [6.45, 7) is 3.66. The second kappa shape index (κ2) is 5.15. The quantitative estimate of drug-likeness (QED) is 0.396. The second-order valence-electron chi connectivity index (χ2n) is 8.72. The molecule has 0 spiro atoms. The standard InChI is InChI=1S/C19H26FNO4/c1-17-9-15(23)19(20)12(13(17)8-14(22)16(17)24)4-3-10-7-11(21-25)5-6-18(10,19)2/h5-7,12-16,22-25H,3-4,8-9H2,1-2H3/t12-,13-,14+,15-,16-,17-,18-,19-/m0/s1. The molecule has 4 aliphatic rings. The summed E-state index contributed by atoms with van der Waals surface area (Å²) in [6, 6.07) is 0. The number of oxime groups is 1. The molecule has 5 nitrogen and oxygen atoms in total. The number of fused-ring (bicyclic) bond motifs is 5. The first-order chi connectivity index (χ1) is 11.7. The molecule has 0 unspecified atom stereocenters. The van der Waals surface area contributed by atoms with E-state index < -0.39 is 40.7 Å². The summed E-state index contributed by atoms with van der Waals surface area (Å²) in [5.74, 6) is -0.613. The fourth-order valence-corrected chi connectivity index (χ4v) is 6.28. The largest absolute Gasteiger partial charge is 0.410 e. The van der Waals surface area contributed by atoms with Crippen LogP contribution in [-0.2, 0) is 0 Å². The summed E-state index contributed by atoms with van der Waals surface area (Å²) in [5.41, 5.74) is -2.32. The Labute approximate surface area is 146 Å². The fraction of sp³-hybridized carbons (Fsp3) is 0.737. The number of aliphatic hydroxyl groups is 3. The second-order valence-corrected chi connectivity index (χ2v) is 8.72. The normalized spacial score (nSPS) is 56.2. The molecule has 0 amide bonds. The van der Waals surface area contributed by atoms with Crippen molar-refractivity contribution in [2.45, 2.75) is 63.5 Å². The third-order valence-corrected chi connectivity index (χ3v) is 7.74. The maximum atomic E-state index is 16.6. The molecule has 4 N–H and O–H groups in total. The summed E-state index contributed by atoms with van der Waals surface area (Å²) < 4.78 is 16.6. The van der Waals surface area contributed by atoms with Crippen LogP contribution >= 0.6 is 0 Å². The fourth-order valence-electron chi connectivity index (χ4n) is 6.28. The van der Waals surface area contributed by atoms with E-state index in [9.17, 15) is 15.3 Å². The minimum atomic E-state index is -1.87. The van der Waals surface area contributed by atoms with Gasteiger partial charge in [0.15, 0.2) is 5.67 Å². The summed E-state index contributed by atoms with van der Waals surface area (Å²) in [7, 11) is 0. The maximum absolute atomic E-state index is 16.6. The van der Waals surface area contributed by atoms with Crippen LogP contribution < -0.4 is 0 Å². The van der Waals surface area contributed by atoms with Gasteiger partial charge in [0.2, 0.25) is 0 Å². The molecule has 3 saturated carbocycles. The average Bonchev–Trinajstić information content (AvgIpc) is 2.79. The number of aliphatic hydroxyl groups excluding tert-OH is 3. The molecule has 0 radical (unpaired) electrons. The van der Waals surface area contributed by atoms with Crippen LogP contribution in [0, 0.1) is 22.7 Å². The van der Waals surface area contributed by atoms with Crippen LogP contribution in [-0.4, -0.2) is 50.2 Å². The molecular weight excluding hydrogens is 325 g/mol. The van der Waals surface area contributed by atoms with E-state index in [1.807, 2.05) is 6.92 Å². The molecule has 0 heterocycles. The SMILES string of the molecule is C[C@]12C[C@H](O)[C@@]3(F)[C@@H](CCC4=CC(=NO)C=C[C@@]43C)[C@@H]1C[C@@H](O)[C@@H]2O. The van der Waals surface area contributed by atoms with Crippen LogP contribution in [0.4, 0.5) is 4.39 Å². The summed E-state index contributed by atoms with van der Waals surface area (Å²) >= 11 is 0. The van der Waals surface area contributed by atoms with Crippen molar-refractivity contribution in [2.24, 2.45) is 27.8 Å². The van der Waals surface area contributed by atoms with Gasteiger partial charge >= 0.3 is 0 Å². The highest BCUT2D eigenvalue weighted by Crippen LogP contribution is 2.67. The molecule has 25 heavy (non-hydrogen) atoms. The molecule has 4 aliphatic carbocycles. The number of nitrogens with zero attached hydrogens (tertiary/aromatic N) is 1. The number of hydrogen-bond donors (Lipinski definition) is 4. The van der Waals surface area contributed by atoms with Gasteiger partial charge in [-0.15, -0.1) is 0 Å². The predicted octanol–water partition coefficient (Wildman–Crippen LogP) is 1.95. The lowest BCUT2D eigenvalue weighted by Crippen LogP contribution is -2.66. The van der Waals surface area contributed by atoms with Gasteiger partial charge in [-0.05, 0) is 50.7 Å². The molecule has 0 bridgehead atoms. The Morgan fingerprint density at radius 1 is 1.20 bits per heavy atom. The molecule has 4 rings (SSSR count). The van der Waals surface area contributed by atoms with Crippen LogP contribution in [0.25, 0.3) is 0 Å². The van der Waals surface area contributed by atoms with E-state index in [0.29, 0.717) is 25.0 Å². The summed E-state index contributed by atoms with van der Waals surface area (Å²) in [6.07, 6.45) is 3.64. The Balaban J connectivity index is 1.81. The lowest BCUT2D eigenvalue weighted by molar-refractivity contribution is -0.201. The number of alkyl halides is 1. The Bertz CT molecular complexity index is 691. The highest BCUT2D eigenvalue weighted by Gasteiger charge is 2.71. The third-order valence-electron chi connectivity index (χ3n) is 7.74. The van der Waals surface area contributed by atoms with E-state index in [0.717, 1.165) is 5.57 Å². The van der Waals surface area contributed by atoms with Crippen LogP contribution in [0.15, 0.2) is 29.0 Å². The van der Waals surface area contributed by atoms with E-state index >= 15 is 4.39 Å². The Kier molecular flexibility index (Phi) is 3.54. The number of rotatable bonds is 0. The molecule has 0 aliphatic heterocycles. The van der Waals surface area contributed by atoms with Gasteiger partial charge in [0.05, 0.1) is 18.3 Å². The van der Waals surface area contributed by atoms with Gasteiger partial charge in [0.1, 0.15) is 5.71 Å². The first-order valence-electron chi connectivity index (χ1n) is 9.04. The van der Waals surface area contributed by atoms with Gasteiger partial charge in [0, 0.05) is 16.7 Å². The molecule has 8 atom stereocenters. The molecule has 0 saturated heterocycles. The van der Waals surface area contributed by atoms with Crippen molar-refractivity contribution >= 4 is 5.71 Å². The zero-order valence-corrected chi connectivity index (χ0v) is 14.6. The van der Waals surface area contributed by atoms with E-state index in [4.69, 9.17) is 5.21 Å². The Hall–Kier alpha value is -1.24. The molecule has 3 fully saturated rings. The molecule has 0 aromatic carbocycles. The smallest absolute Gasteiger partial charge is 0.152 e. The van der Waals surface area contributed by atoms with E-state index in [1.54, 1.807) is 25.2 Å². The van der Waals surface area contributed by atoms with Gasteiger partial charge in [-0.25, -0.2) is 4.39 Å². The Morgan fingerprint density at radius 2 is 1.92 bits per heavy atom. The number of halogens is 1. The highest BCUT2D eigenvalue weighted by molar-refractivity contribution is 6.05. The third kappa shape index (κ3) is 1.90. The Morgan fingerprint density at radius 3 is 2.60 bits per heavy atom. The van der Waals surface area contributed by atoms with Gasteiger partial charge in [0.25, 0.3) is 0 Å². The zero-order valence-electron chi connectivity index (χ0n) is 14.6. The van der Waals surface area contributed by atoms with Crippen LogP contribution in [0.3, 0.4) is 0 Å². The van der Waals surface area contributed by atoms with Gasteiger partial charge < -0.3 is 20.5 Å². The maximum Gasteiger partial charge on any atom is 0.152 e. The van der Waals surface area contributed by atoms with Crippen molar-refractivity contribution in [3.05, 3.63) is 23.8 Å².